The van der Waals surface area contributed by atoms with E-state index >= 15 is 0 Å². The molecule has 0 saturated carbocycles. The molecule has 0 saturated heterocycles. The summed E-state index contributed by atoms with van der Waals surface area (Å²) in [6.07, 6.45) is 2.99. The molecule has 2 rings (SSSR count). The molecular weight excluding hydrogens is 280 g/mol. The third-order valence-electron chi connectivity index (χ3n) is 2.75. The molecule has 2 aromatic rings. The molecule has 0 spiro atoms. The first kappa shape index (κ1) is 14.4. The number of rotatable bonds is 6. The van der Waals surface area contributed by atoms with Crippen LogP contribution in [0.2, 0.25) is 0 Å². The van der Waals surface area contributed by atoms with Gasteiger partial charge in [-0.2, -0.15) is 0 Å². The van der Waals surface area contributed by atoms with Gasteiger partial charge in [0.05, 0.1) is 12.2 Å². The van der Waals surface area contributed by atoms with E-state index in [0.717, 1.165) is 0 Å². The molecule has 0 unspecified atom stereocenters. The molecule has 0 aliphatic rings. The molecule has 0 aromatic carbocycles. The maximum Gasteiger partial charge on any atom is 0.260 e. The fourth-order valence-corrected chi connectivity index (χ4v) is 2.82. The van der Waals surface area contributed by atoms with Gasteiger partial charge in [-0.3, -0.25) is 0 Å². The minimum Gasteiger partial charge on any atom is -0.386 e. The lowest BCUT2D eigenvalue weighted by Gasteiger charge is -2.10. The largest absolute Gasteiger partial charge is 0.386 e. The van der Waals surface area contributed by atoms with Crippen LogP contribution in [0.5, 0.6) is 0 Å². The highest BCUT2D eigenvalue weighted by Crippen LogP contribution is 2.17. The summed E-state index contributed by atoms with van der Waals surface area (Å²) in [5.41, 5.74) is 0.442. The highest BCUT2D eigenvalue weighted by atomic mass is 32.2. The van der Waals surface area contributed by atoms with Crippen molar-refractivity contribution in [2.45, 2.75) is 25.0 Å². The van der Waals surface area contributed by atoms with Crippen LogP contribution in [-0.2, 0) is 23.1 Å². The number of nitrogens with one attached hydrogen (secondary N) is 2. The summed E-state index contributed by atoms with van der Waals surface area (Å²) in [6.45, 7) is 2.67. The highest BCUT2D eigenvalue weighted by molar-refractivity contribution is 7.89. The van der Waals surface area contributed by atoms with Crippen molar-refractivity contribution in [2.24, 2.45) is 0 Å². The second kappa shape index (κ2) is 5.97. The van der Waals surface area contributed by atoms with E-state index in [9.17, 15) is 8.42 Å². The smallest absolute Gasteiger partial charge is 0.260 e. The Hall–Kier alpha value is -2.00. The average molecular weight is 296 g/mol. The molecule has 108 valence electrons. The Kier molecular flexibility index (Phi) is 4.30. The van der Waals surface area contributed by atoms with Crippen LogP contribution in [0.1, 0.15) is 12.7 Å². The van der Waals surface area contributed by atoms with E-state index in [-0.39, 0.29) is 11.6 Å². The molecule has 8 nitrogen and oxygen atoms in total. The van der Waals surface area contributed by atoms with Gasteiger partial charge in [-0.1, -0.05) is 0 Å². The van der Waals surface area contributed by atoms with Gasteiger partial charge >= 0.3 is 0 Å². The van der Waals surface area contributed by atoms with Crippen molar-refractivity contribution < 1.29 is 8.42 Å². The van der Waals surface area contributed by atoms with E-state index in [1.165, 1.54) is 6.20 Å². The van der Waals surface area contributed by atoms with Gasteiger partial charge in [0.1, 0.15) is 12.2 Å². The van der Waals surface area contributed by atoms with Gasteiger partial charge in [-0.15, -0.1) is 10.2 Å². The summed E-state index contributed by atoms with van der Waals surface area (Å²) in [5.74, 6) is 0.554. The van der Waals surface area contributed by atoms with Gasteiger partial charge in [0.25, 0.3) is 10.0 Å². The van der Waals surface area contributed by atoms with Crippen molar-refractivity contribution in [3.63, 3.8) is 0 Å². The number of anilines is 1. The fourth-order valence-electron chi connectivity index (χ4n) is 1.70. The van der Waals surface area contributed by atoms with Crippen molar-refractivity contribution >= 4 is 15.7 Å². The topological polar surface area (TPSA) is 102 Å². The molecular formula is C11H16N6O2S. The van der Waals surface area contributed by atoms with Gasteiger partial charge in [0, 0.05) is 19.8 Å². The molecule has 0 bridgehead atoms. The molecule has 20 heavy (non-hydrogen) atoms. The van der Waals surface area contributed by atoms with Crippen molar-refractivity contribution in [1.82, 2.24) is 24.5 Å². The molecule has 0 radical (unpaired) electrons. The SMILES string of the molecule is CCn1cnnc1CNS(=O)(=O)c1ncccc1NC. The second-order valence-electron chi connectivity index (χ2n) is 3.96. The zero-order valence-electron chi connectivity index (χ0n) is 11.2. The Labute approximate surface area is 117 Å². The van der Waals surface area contributed by atoms with Gasteiger partial charge in [-0.05, 0) is 19.1 Å². The molecule has 9 heteroatoms. The van der Waals surface area contributed by atoms with E-state index in [2.05, 4.69) is 25.2 Å². The predicted octanol–water partition coefficient (Wildman–Crippen LogP) is 0.213. The number of hydrogen-bond donors (Lipinski definition) is 2. The lowest BCUT2D eigenvalue weighted by molar-refractivity contribution is 0.572. The number of hydrogen-bond acceptors (Lipinski definition) is 6. The first-order chi connectivity index (χ1) is 9.58. The molecule has 2 N–H and O–H groups in total. The summed E-state index contributed by atoms with van der Waals surface area (Å²) in [4.78, 5) is 3.91. The lowest BCUT2D eigenvalue weighted by Crippen LogP contribution is -2.26. The Morgan fingerprint density at radius 2 is 2.20 bits per heavy atom. The summed E-state index contributed by atoms with van der Waals surface area (Å²) in [7, 11) is -2.07. The third kappa shape index (κ3) is 2.94. The number of sulfonamides is 1. The number of pyridine rings is 1. The summed E-state index contributed by atoms with van der Waals surface area (Å²) < 4.78 is 28.7. The number of nitrogens with zero attached hydrogens (tertiary/aromatic N) is 4. The van der Waals surface area contributed by atoms with Crippen LogP contribution < -0.4 is 10.0 Å². The Bertz CT molecular complexity index is 682. The monoisotopic (exact) mass is 296 g/mol. The molecule has 0 amide bonds. The zero-order chi connectivity index (χ0) is 14.6. The van der Waals surface area contributed by atoms with Crippen LogP contribution in [-0.4, -0.2) is 35.2 Å². The Morgan fingerprint density at radius 1 is 1.40 bits per heavy atom. The molecule has 0 atom stereocenters. The van der Waals surface area contributed by atoms with Crippen LogP contribution >= 0.6 is 0 Å². The minimum atomic E-state index is -3.71. The second-order valence-corrected chi connectivity index (χ2v) is 5.65. The molecule has 0 aliphatic carbocycles. The average Bonchev–Trinajstić information content (AvgIpc) is 2.92. The summed E-state index contributed by atoms with van der Waals surface area (Å²) in [6, 6.07) is 3.31. The van der Waals surface area contributed by atoms with Crippen LogP contribution in [0.3, 0.4) is 0 Å². The van der Waals surface area contributed by atoms with Gasteiger partial charge in [0.2, 0.25) is 0 Å². The van der Waals surface area contributed by atoms with Crippen LogP contribution in [0.25, 0.3) is 0 Å². The zero-order valence-corrected chi connectivity index (χ0v) is 12.1. The Balaban J connectivity index is 2.19. The molecule has 0 fully saturated rings. The predicted molar refractivity (Wildman–Crippen MR) is 73.5 cm³/mol. The number of aromatic nitrogens is 4. The minimum absolute atomic E-state index is 0.0370. The van der Waals surface area contributed by atoms with Crippen LogP contribution in [0.4, 0.5) is 5.69 Å². The molecule has 0 aliphatic heterocycles. The quantitative estimate of drug-likeness (QED) is 0.790. The summed E-state index contributed by atoms with van der Waals surface area (Å²) >= 11 is 0. The van der Waals surface area contributed by atoms with E-state index in [1.807, 2.05) is 6.92 Å². The highest BCUT2D eigenvalue weighted by Gasteiger charge is 2.20. The summed E-state index contributed by atoms with van der Waals surface area (Å²) in [5, 5.41) is 10.4. The van der Waals surface area contributed by atoms with Crippen molar-refractivity contribution in [2.75, 3.05) is 12.4 Å². The number of aryl methyl sites for hydroxylation is 1. The van der Waals surface area contributed by atoms with Crippen molar-refractivity contribution in [1.29, 1.82) is 0 Å². The molecule has 2 aromatic heterocycles. The van der Waals surface area contributed by atoms with Gasteiger partial charge in [-0.25, -0.2) is 18.1 Å². The standard InChI is InChI=1S/C11H16N6O2S/c1-3-17-8-14-16-10(17)7-15-20(18,19)11-9(12-2)5-4-6-13-11/h4-6,8,12,15H,3,7H2,1-2H3. The van der Waals surface area contributed by atoms with E-state index in [4.69, 9.17) is 0 Å². The lowest BCUT2D eigenvalue weighted by atomic mass is 10.4. The molecule has 2 heterocycles. The maximum atomic E-state index is 12.2. The van der Waals surface area contributed by atoms with Crippen molar-refractivity contribution in [3.05, 3.63) is 30.5 Å². The van der Waals surface area contributed by atoms with Crippen molar-refractivity contribution in [3.8, 4) is 0 Å². The third-order valence-corrected chi connectivity index (χ3v) is 4.11. The van der Waals surface area contributed by atoms with E-state index in [1.54, 1.807) is 30.1 Å². The van der Waals surface area contributed by atoms with Gasteiger partial charge in [0.15, 0.2) is 5.03 Å². The first-order valence-electron chi connectivity index (χ1n) is 6.07. The Morgan fingerprint density at radius 3 is 2.90 bits per heavy atom. The fraction of sp³-hybridized carbons (Fsp3) is 0.364. The van der Waals surface area contributed by atoms with E-state index < -0.39 is 10.0 Å². The van der Waals surface area contributed by atoms with E-state index in [0.29, 0.717) is 18.1 Å². The van der Waals surface area contributed by atoms with Crippen LogP contribution in [0.15, 0.2) is 29.7 Å². The van der Waals surface area contributed by atoms with Gasteiger partial charge < -0.3 is 9.88 Å². The first-order valence-corrected chi connectivity index (χ1v) is 7.56. The maximum absolute atomic E-state index is 12.2. The van der Waals surface area contributed by atoms with Crippen LogP contribution in [0, 0.1) is 0 Å². The normalized spacial score (nSPS) is 11.5.